The summed E-state index contributed by atoms with van der Waals surface area (Å²) in [4.78, 5) is 40.7. The van der Waals surface area contributed by atoms with Gasteiger partial charge >= 0.3 is 6.03 Å². The molecule has 0 radical (unpaired) electrons. The molecule has 1 fully saturated rings. The lowest BCUT2D eigenvalue weighted by Crippen LogP contribution is -2.49. The van der Waals surface area contributed by atoms with Gasteiger partial charge in [-0.3, -0.25) is 9.20 Å². The molecule has 0 bridgehead atoms. The molecule has 4 aromatic rings. The summed E-state index contributed by atoms with van der Waals surface area (Å²) in [6, 6.07) is 12.7. The van der Waals surface area contributed by atoms with Crippen LogP contribution in [0.2, 0.25) is 0 Å². The lowest BCUT2D eigenvalue weighted by molar-refractivity contribution is 0.102. The van der Waals surface area contributed by atoms with E-state index < -0.39 is 0 Å². The van der Waals surface area contributed by atoms with Crippen molar-refractivity contribution in [3.8, 4) is 11.3 Å². The Morgan fingerprint density at radius 3 is 2.62 bits per heavy atom. The Balaban J connectivity index is 1.46. The molecule has 10 heteroatoms. The number of benzene rings is 1. The molecule has 1 aromatic carbocycles. The van der Waals surface area contributed by atoms with E-state index in [9.17, 15) is 9.59 Å². The largest absolute Gasteiger partial charge is 0.382 e. The minimum absolute atomic E-state index is 0.0466. The maximum atomic E-state index is 12.7. The van der Waals surface area contributed by atoms with Crippen LogP contribution in [0.15, 0.2) is 61.1 Å². The molecule has 0 aliphatic carbocycles. The van der Waals surface area contributed by atoms with Crippen LogP contribution in [0.3, 0.4) is 0 Å². The molecule has 1 aliphatic rings. The number of nitrogens with two attached hydrogens (primary N) is 1. The first-order valence-corrected chi connectivity index (χ1v) is 12.5. The second-order valence-electron chi connectivity index (χ2n) is 9.21. The second-order valence-corrected chi connectivity index (χ2v) is 9.21. The molecule has 4 N–H and O–H groups in total. The van der Waals surface area contributed by atoms with Gasteiger partial charge in [-0.25, -0.2) is 19.7 Å². The molecule has 0 saturated carbocycles. The van der Waals surface area contributed by atoms with E-state index in [0.717, 1.165) is 24.2 Å². The van der Waals surface area contributed by atoms with E-state index in [0.29, 0.717) is 41.5 Å². The van der Waals surface area contributed by atoms with Crippen LogP contribution in [-0.4, -0.2) is 55.3 Å². The lowest BCUT2D eigenvalue weighted by Gasteiger charge is -2.37. The molecule has 2 atom stereocenters. The molecule has 3 amide bonds. The molecule has 1 aliphatic heterocycles. The van der Waals surface area contributed by atoms with Crippen LogP contribution >= 0.6 is 0 Å². The number of hydrogen-bond donors (Lipinski definition) is 3. The van der Waals surface area contributed by atoms with Crippen LogP contribution in [0.4, 0.5) is 16.4 Å². The summed E-state index contributed by atoms with van der Waals surface area (Å²) in [5, 5.41) is 5.71. The molecule has 190 valence electrons. The van der Waals surface area contributed by atoms with E-state index in [1.165, 1.54) is 0 Å². The van der Waals surface area contributed by atoms with E-state index in [1.807, 2.05) is 40.6 Å². The van der Waals surface area contributed by atoms with Crippen LogP contribution in [0.1, 0.15) is 48.8 Å². The van der Waals surface area contributed by atoms with Gasteiger partial charge in [0, 0.05) is 54.8 Å². The monoisotopic (exact) mass is 498 g/mol. The first kappa shape index (κ1) is 24.2. The highest BCUT2D eigenvalue weighted by atomic mass is 16.2. The number of piperidine rings is 1. The zero-order chi connectivity index (χ0) is 25.9. The fourth-order valence-electron chi connectivity index (χ4n) is 4.83. The Kier molecular flexibility index (Phi) is 6.72. The van der Waals surface area contributed by atoms with Crippen molar-refractivity contribution in [1.82, 2.24) is 29.6 Å². The highest BCUT2D eigenvalue weighted by Crippen LogP contribution is 2.35. The van der Waals surface area contributed by atoms with Crippen LogP contribution in [0.5, 0.6) is 0 Å². The van der Waals surface area contributed by atoms with Gasteiger partial charge in [0.15, 0.2) is 0 Å². The number of nitrogen functional groups attached to an aromatic ring is 1. The summed E-state index contributed by atoms with van der Waals surface area (Å²) in [6.45, 7) is 5.15. The number of nitrogens with zero attached hydrogens (tertiary/aromatic N) is 5. The molecular weight excluding hydrogens is 468 g/mol. The fourth-order valence-corrected chi connectivity index (χ4v) is 4.83. The number of urea groups is 1. The van der Waals surface area contributed by atoms with Gasteiger partial charge in [0.2, 0.25) is 0 Å². The Bertz CT molecular complexity index is 1420. The average Bonchev–Trinajstić information content (AvgIpc) is 3.31. The summed E-state index contributed by atoms with van der Waals surface area (Å²) in [7, 11) is 0. The van der Waals surface area contributed by atoms with Gasteiger partial charge in [-0.1, -0.05) is 18.2 Å². The summed E-state index contributed by atoms with van der Waals surface area (Å²) in [5.41, 5.74) is 9.05. The fraction of sp³-hybridized carbons (Fsp3) is 0.296. The number of hydrogen-bond acceptors (Lipinski definition) is 6. The van der Waals surface area contributed by atoms with Crippen molar-refractivity contribution < 1.29 is 9.59 Å². The number of fused-ring (bicyclic) bond motifs is 1. The molecule has 1 saturated heterocycles. The molecular formula is C27H30N8O2. The second kappa shape index (κ2) is 10.3. The van der Waals surface area contributed by atoms with E-state index in [-0.39, 0.29) is 23.9 Å². The van der Waals surface area contributed by atoms with Crippen molar-refractivity contribution in [3.05, 3.63) is 72.4 Å². The topological polar surface area (TPSA) is 131 Å². The standard InChI is InChI=1S/C27H30N8O2/c1-3-29-27(37)35-16-20(8-7-17(35)2)25-33-22(23-24(28)31-14-15-34(23)25)18-9-11-19(12-10-18)26(36)32-21-6-4-5-13-30-21/h4-6,9-15,17,20H,3,7-8,16H2,1-2H3,(H2,28,31)(H,29,37)(H,30,32,36)/t17?,20-/m1/s1. The van der Waals surface area contributed by atoms with Gasteiger partial charge in [-0.05, 0) is 51.0 Å². The van der Waals surface area contributed by atoms with Gasteiger partial charge in [0.25, 0.3) is 5.91 Å². The number of aromatic nitrogens is 4. The van der Waals surface area contributed by atoms with Crippen molar-refractivity contribution in [2.24, 2.45) is 0 Å². The Labute approximate surface area is 214 Å². The SMILES string of the molecule is CCNC(=O)N1C[C@H](c2nc(-c3ccc(C(=O)Nc4ccccn4)cc3)c3c(N)nccn23)CCC1C. The first-order chi connectivity index (χ1) is 18.0. The van der Waals surface area contributed by atoms with Gasteiger partial charge in [-0.2, -0.15) is 0 Å². The number of anilines is 2. The van der Waals surface area contributed by atoms with Crippen LogP contribution < -0.4 is 16.4 Å². The maximum Gasteiger partial charge on any atom is 0.317 e. The molecule has 1 unspecified atom stereocenters. The van der Waals surface area contributed by atoms with Gasteiger partial charge < -0.3 is 21.3 Å². The zero-order valence-corrected chi connectivity index (χ0v) is 20.9. The predicted molar refractivity (Wildman–Crippen MR) is 142 cm³/mol. The molecule has 4 heterocycles. The third-order valence-corrected chi connectivity index (χ3v) is 6.77. The van der Waals surface area contributed by atoms with Crippen molar-refractivity contribution in [2.75, 3.05) is 24.1 Å². The van der Waals surface area contributed by atoms with E-state index >= 15 is 0 Å². The summed E-state index contributed by atoms with van der Waals surface area (Å²) < 4.78 is 1.98. The Morgan fingerprint density at radius 1 is 1.08 bits per heavy atom. The number of amides is 3. The first-order valence-electron chi connectivity index (χ1n) is 12.5. The van der Waals surface area contributed by atoms with Crippen LogP contribution in [0, 0.1) is 0 Å². The quantitative estimate of drug-likeness (QED) is 0.382. The van der Waals surface area contributed by atoms with Crippen molar-refractivity contribution >= 4 is 29.1 Å². The molecule has 3 aromatic heterocycles. The minimum atomic E-state index is -0.247. The van der Waals surface area contributed by atoms with Crippen molar-refractivity contribution in [2.45, 2.75) is 38.6 Å². The third-order valence-electron chi connectivity index (χ3n) is 6.77. The van der Waals surface area contributed by atoms with Crippen molar-refractivity contribution in [3.63, 3.8) is 0 Å². The number of rotatable bonds is 5. The van der Waals surface area contributed by atoms with Gasteiger partial charge in [0.05, 0.1) is 0 Å². The smallest absolute Gasteiger partial charge is 0.317 e. The molecule has 0 spiro atoms. The lowest BCUT2D eigenvalue weighted by atomic mass is 9.93. The predicted octanol–water partition coefficient (Wildman–Crippen LogP) is 3.92. The van der Waals surface area contributed by atoms with Crippen LogP contribution in [-0.2, 0) is 0 Å². The summed E-state index contributed by atoms with van der Waals surface area (Å²) in [6.07, 6.45) is 6.94. The van der Waals surface area contributed by atoms with E-state index in [4.69, 9.17) is 10.7 Å². The maximum absolute atomic E-state index is 12.7. The minimum Gasteiger partial charge on any atom is -0.382 e. The highest BCUT2D eigenvalue weighted by molar-refractivity contribution is 6.04. The number of carbonyl (C=O) groups excluding carboxylic acids is 2. The molecule has 10 nitrogen and oxygen atoms in total. The van der Waals surface area contributed by atoms with Crippen LogP contribution in [0.25, 0.3) is 16.8 Å². The Morgan fingerprint density at radius 2 is 1.89 bits per heavy atom. The zero-order valence-electron chi connectivity index (χ0n) is 20.9. The van der Waals surface area contributed by atoms with E-state index in [1.54, 1.807) is 36.7 Å². The third kappa shape index (κ3) is 4.82. The highest BCUT2D eigenvalue weighted by Gasteiger charge is 2.32. The number of likely N-dealkylation sites (tertiary alicyclic amines) is 1. The van der Waals surface area contributed by atoms with Gasteiger partial charge in [0.1, 0.15) is 28.7 Å². The summed E-state index contributed by atoms with van der Waals surface area (Å²) in [5.74, 6) is 1.51. The normalized spacial score (nSPS) is 17.5. The van der Waals surface area contributed by atoms with E-state index in [2.05, 4.69) is 27.5 Å². The molecule has 5 rings (SSSR count). The number of pyridine rings is 1. The number of imidazole rings is 1. The number of nitrogens with one attached hydrogen (secondary N) is 2. The number of carbonyl (C=O) groups is 2. The van der Waals surface area contributed by atoms with Gasteiger partial charge in [-0.15, -0.1) is 0 Å². The average molecular weight is 499 g/mol. The van der Waals surface area contributed by atoms with Crippen molar-refractivity contribution in [1.29, 1.82) is 0 Å². The Hall–Kier alpha value is -4.47. The molecule has 37 heavy (non-hydrogen) atoms. The summed E-state index contributed by atoms with van der Waals surface area (Å²) >= 11 is 0.